The maximum atomic E-state index is 14.5. The van der Waals surface area contributed by atoms with E-state index in [9.17, 15) is 22.4 Å². The number of halogens is 1. The molecule has 0 bridgehead atoms. The van der Waals surface area contributed by atoms with Crippen LogP contribution in [0.25, 0.3) is 10.9 Å². The second-order valence-electron chi connectivity index (χ2n) is 10.8. The second kappa shape index (κ2) is 8.70. The molecule has 0 N–H and O–H groups in total. The van der Waals surface area contributed by atoms with Crippen LogP contribution in [0, 0.1) is 30.0 Å². The van der Waals surface area contributed by atoms with Gasteiger partial charge in [0.05, 0.1) is 5.52 Å². The first kappa shape index (κ1) is 23.9. The van der Waals surface area contributed by atoms with Crippen molar-refractivity contribution in [1.82, 2.24) is 4.57 Å². The van der Waals surface area contributed by atoms with Crippen molar-refractivity contribution in [2.24, 2.45) is 17.3 Å². The van der Waals surface area contributed by atoms with Crippen LogP contribution in [0.2, 0.25) is 0 Å². The highest BCUT2D eigenvalue weighted by Gasteiger charge is 2.54. The van der Waals surface area contributed by atoms with Crippen LogP contribution < -0.4 is 0 Å². The molecule has 0 radical (unpaired) electrons. The number of rotatable bonds is 8. The Bertz CT molecular complexity index is 1410. The molecule has 1 spiro atoms. The van der Waals surface area contributed by atoms with E-state index in [1.54, 1.807) is 12.1 Å². The van der Waals surface area contributed by atoms with Gasteiger partial charge >= 0.3 is 0 Å². The second-order valence-corrected chi connectivity index (χ2v) is 13.0. The molecule has 7 heteroatoms. The normalized spacial score (nSPS) is 23.7. The van der Waals surface area contributed by atoms with Gasteiger partial charge in [0, 0.05) is 42.3 Å². The molecule has 2 aliphatic carbocycles. The van der Waals surface area contributed by atoms with Crippen molar-refractivity contribution in [2.75, 3.05) is 12.0 Å². The van der Waals surface area contributed by atoms with Crippen molar-refractivity contribution in [3.8, 4) is 0 Å². The average molecular weight is 496 g/mol. The molecule has 5 rings (SSSR count). The Hall–Kier alpha value is -2.80. The minimum Gasteiger partial charge on any atom is -0.342 e. The van der Waals surface area contributed by atoms with Gasteiger partial charge in [-0.2, -0.15) is 0 Å². The van der Waals surface area contributed by atoms with E-state index >= 15 is 0 Å². The molecule has 0 saturated heterocycles. The van der Waals surface area contributed by atoms with Crippen molar-refractivity contribution in [3.63, 3.8) is 0 Å². The van der Waals surface area contributed by atoms with E-state index in [1.807, 2.05) is 42.0 Å². The van der Waals surface area contributed by atoms with E-state index in [1.165, 1.54) is 11.6 Å². The zero-order chi connectivity index (χ0) is 25.0. The quantitative estimate of drug-likeness (QED) is 0.406. The molecular weight excluding hydrogens is 465 g/mol. The van der Waals surface area contributed by atoms with Crippen LogP contribution in [-0.4, -0.2) is 36.6 Å². The molecule has 2 aromatic carbocycles. The highest BCUT2D eigenvalue weighted by Crippen LogP contribution is 2.62. The molecule has 5 nitrogen and oxygen atoms in total. The number of nitrogens with zero attached hydrogens (tertiary/aromatic N) is 1. The van der Waals surface area contributed by atoms with Gasteiger partial charge in [-0.05, 0) is 67.7 Å². The van der Waals surface area contributed by atoms with E-state index in [2.05, 4.69) is 0 Å². The predicted octanol–water partition coefficient (Wildman–Crippen LogP) is 5.13. The first-order valence-electron chi connectivity index (χ1n) is 12.1. The van der Waals surface area contributed by atoms with Crippen LogP contribution in [0.1, 0.15) is 53.6 Å². The molecule has 0 atom stereocenters. The number of fused-ring (bicyclic) bond motifs is 1. The Morgan fingerprint density at radius 3 is 2.37 bits per heavy atom. The zero-order valence-corrected chi connectivity index (χ0v) is 20.9. The molecular formula is C28H30FNO4S. The van der Waals surface area contributed by atoms with Crippen LogP contribution in [0.5, 0.6) is 0 Å². The fourth-order valence-electron chi connectivity index (χ4n) is 6.14. The number of hydrogen-bond acceptors (Lipinski definition) is 4. The van der Waals surface area contributed by atoms with Crippen molar-refractivity contribution < 1.29 is 22.4 Å². The summed E-state index contributed by atoms with van der Waals surface area (Å²) in [5.41, 5.74) is 3.53. The number of aryl methyl sites for hydroxylation is 1. The van der Waals surface area contributed by atoms with Crippen molar-refractivity contribution >= 4 is 32.3 Å². The number of ketones is 2. The molecule has 1 aromatic heterocycles. The molecule has 35 heavy (non-hydrogen) atoms. The number of carbonyl (C=O) groups excluding carboxylic acids is 2. The molecule has 0 unspecified atom stereocenters. The van der Waals surface area contributed by atoms with E-state index in [4.69, 9.17) is 0 Å². The summed E-state index contributed by atoms with van der Waals surface area (Å²) in [7, 11) is -3.29. The Labute approximate surface area is 205 Å². The van der Waals surface area contributed by atoms with Gasteiger partial charge in [-0.25, -0.2) is 12.8 Å². The SMILES string of the molecule is Cc1ccc(Cn2ccc3c(F)ccc(C(=O)CC4CC5(C4)CC(C(=O)CS(C)(=O)=O)C5)c32)cc1. The summed E-state index contributed by atoms with van der Waals surface area (Å²) in [6.45, 7) is 2.59. The minimum absolute atomic E-state index is 0.0164. The smallest absolute Gasteiger partial charge is 0.165 e. The van der Waals surface area contributed by atoms with E-state index in [0.29, 0.717) is 29.4 Å². The van der Waals surface area contributed by atoms with Crippen LogP contribution in [0.3, 0.4) is 0 Å². The van der Waals surface area contributed by atoms with Crippen LogP contribution in [-0.2, 0) is 21.2 Å². The van der Waals surface area contributed by atoms with Crippen LogP contribution in [0.4, 0.5) is 4.39 Å². The highest BCUT2D eigenvalue weighted by molar-refractivity contribution is 7.91. The lowest BCUT2D eigenvalue weighted by Crippen LogP contribution is -2.50. The summed E-state index contributed by atoms with van der Waals surface area (Å²) < 4.78 is 39.3. The van der Waals surface area contributed by atoms with Crippen LogP contribution >= 0.6 is 0 Å². The average Bonchev–Trinajstić information content (AvgIpc) is 3.13. The lowest BCUT2D eigenvalue weighted by atomic mass is 9.47. The van der Waals surface area contributed by atoms with Gasteiger partial charge < -0.3 is 4.57 Å². The van der Waals surface area contributed by atoms with Crippen molar-refractivity contribution in [2.45, 2.75) is 45.6 Å². The maximum Gasteiger partial charge on any atom is 0.165 e. The lowest BCUT2D eigenvalue weighted by molar-refractivity contribution is -0.136. The number of benzene rings is 2. The summed E-state index contributed by atoms with van der Waals surface area (Å²) in [5.74, 6) is -0.792. The highest BCUT2D eigenvalue weighted by atomic mass is 32.2. The summed E-state index contributed by atoms with van der Waals surface area (Å²) in [6, 6.07) is 12.9. The van der Waals surface area contributed by atoms with Gasteiger partial charge in [0.2, 0.25) is 0 Å². The van der Waals surface area contributed by atoms with E-state index in [0.717, 1.165) is 37.5 Å². The predicted molar refractivity (Wildman–Crippen MR) is 134 cm³/mol. The Kier molecular flexibility index (Phi) is 5.94. The number of aromatic nitrogens is 1. The minimum atomic E-state index is -3.29. The Morgan fingerprint density at radius 1 is 1.03 bits per heavy atom. The number of sulfone groups is 1. The standard InChI is InChI=1S/C28H30FNO4S/c1-18-3-5-19(6-4-18)16-30-10-9-22-24(29)8-7-23(27(22)30)25(31)11-20-12-28(13-20)14-21(15-28)26(32)17-35(2,33)34/h3-10,20-21H,11-17H2,1-2H3. The topological polar surface area (TPSA) is 73.2 Å². The summed E-state index contributed by atoms with van der Waals surface area (Å²) in [6.07, 6.45) is 6.56. The lowest BCUT2D eigenvalue weighted by Gasteiger charge is -2.57. The third-order valence-electron chi connectivity index (χ3n) is 7.78. The monoisotopic (exact) mass is 495 g/mol. The number of hydrogen-bond donors (Lipinski definition) is 0. The van der Waals surface area contributed by atoms with E-state index < -0.39 is 9.84 Å². The molecule has 2 fully saturated rings. The largest absolute Gasteiger partial charge is 0.342 e. The summed E-state index contributed by atoms with van der Waals surface area (Å²) >= 11 is 0. The van der Waals surface area contributed by atoms with Crippen molar-refractivity contribution in [3.05, 3.63) is 71.2 Å². The molecule has 184 valence electrons. The van der Waals surface area contributed by atoms with E-state index in [-0.39, 0.29) is 40.4 Å². The molecule has 2 saturated carbocycles. The Morgan fingerprint density at radius 2 is 1.71 bits per heavy atom. The first-order chi connectivity index (χ1) is 16.5. The summed E-state index contributed by atoms with van der Waals surface area (Å²) in [4.78, 5) is 25.5. The number of carbonyl (C=O) groups is 2. The zero-order valence-electron chi connectivity index (χ0n) is 20.1. The fourth-order valence-corrected chi connectivity index (χ4v) is 6.89. The maximum absolute atomic E-state index is 14.5. The van der Waals surface area contributed by atoms with Gasteiger partial charge in [-0.3, -0.25) is 9.59 Å². The Balaban J connectivity index is 1.26. The molecule has 3 aromatic rings. The third-order valence-corrected chi connectivity index (χ3v) is 8.59. The molecule has 0 amide bonds. The molecule has 0 aliphatic heterocycles. The molecule has 2 aliphatic rings. The van der Waals surface area contributed by atoms with Gasteiger partial charge in [0.25, 0.3) is 0 Å². The molecule has 1 heterocycles. The van der Waals surface area contributed by atoms with Crippen LogP contribution in [0.15, 0.2) is 48.7 Å². The summed E-state index contributed by atoms with van der Waals surface area (Å²) in [5, 5.41) is 0.458. The van der Waals surface area contributed by atoms with Gasteiger partial charge in [0.1, 0.15) is 11.6 Å². The van der Waals surface area contributed by atoms with Crippen molar-refractivity contribution in [1.29, 1.82) is 0 Å². The number of Topliss-reactive ketones (excluding diaryl/α,β-unsaturated/α-hetero) is 2. The van der Waals surface area contributed by atoms with Gasteiger partial charge in [0.15, 0.2) is 21.4 Å². The third kappa shape index (κ3) is 4.83. The van der Waals surface area contributed by atoms with Gasteiger partial charge in [-0.1, -0.05) is 29.8 Å². The first-order valence-corrected chi connectivity index (χ1v) is 14.1. The van der Waals surface area contributed by atoms with Gasteiger partial charge in [-0.15, -0.1) is 0 Å². The fraction of sp³-hybridized carbons (Fsp3) is 0.429.